The van der Waals surface area contributed by atoms with Gasteiger partial charge in [0, 0.05) is 13.0 Å². The van der Waals surface area contributed by atoms with Crippen molar-refractivity contribution in [2.75, 3.05) is 4.72 Å². The summed E-state index contributed by atoms with van der Waals surface area (Å²) in [5.41, 5.74) is 0.589. The Bertz CT molecular complexity index is 1050. The molecule has 0 aliphatic carbocycles. The van der Waals surface area contributed by atoms with E-state index in [2.05, 4.69) is 17.0 Å². The Morgan fingerprint density at radius 3 is 1.97 bits per heavy atom. The minimum absolute atomic E-state index is 0.0420. The first-order valence-corrected chi connectivity index (χ1v) is 15.0. The maximum absolute atomic E-state index is 13.0. The van der Waals surface area contributed by atoms with Gasteiger partial charge in [-0.25, -0.2) is 8.42 Å². The first-order chi connectivity index (χ1) is 17.2. The Morgan fingerprint density at radius 1 is 0.861 bits per heavy atom. The molecule has 0 fully saturated rings. The minimum atomic E-state index is -3.98. The van der Waals surface area contributed by atoms with Crippen LogP contribution < -0.4 is 10.0 Å². The van der Waals surface area contributed by atoms with E-state index in [4.69, 9.17) is 23.2 Å². The summed E-state index contributed by atoms with van der Waals surface area (Å²) in [7, 11) is -3.98. The van der Waals surface area contributed by atoms with Crippen LogP contribution in [-0.2, 0) is 21.4 Å². The second kappa shape index (κ2) is 16.0. The standard InChI is InChI=1S/C27H38Cl2N2O4S/c1-2-3-4-5-6-7-8-9-10-11-12-17-26(32)30-20-21-15-13-14-16-25(21)36(34,35)31-22-18-23(28)27(33)24(29)19-22/h13-16,18-19,31,33H,2-12,17,20H2,1H3,(H,30,32). The molecule has 36 heavy (non-hydrogen) atoms. The number of hydrogen-bond donors (Lipinski definition) is 3. The average Bonchev–Trinajstić information content (AvgIpc) is 2.84. The topological polar surface area (TPSA) is 95.5 Å². The molecule has 0 spiro atoms. The monoisotopic (exact) mass is 556 g/mol. The molecule has 3 N–H and O–H groups in total. The van der Waals surface area contributed by atoms with Crippen LogP contribution >= 0.6 is 23.2 Å². The summed E-state index contributed by atoms with van der Waals surface area (Å²) < 4.78 is 28.4. The predicted octanol–water partition coefficient (Wildman–Crippen LogP) is 7.82. The normalized spacial score (nSPS) is 11.4. The number of rotatable bonds is 17. The Hall–Kier alpha value is -1.96. The number of hydrogen-bond acceptors (Lipinski definition) is 4. The zero-order valence-corrected chi connectivity index (χ0v) is 23.3. The molecule has 0 saturated carbocycles. The molecular formula is C27H38Cl2N2O4S. The molecule has 0 heterocycles. The molecule has 0 radical (unpaired) electrons. The van der Waals surface area contributed by atoms with E-state index in [-0.39, 0.29) is 38.8 Å². The van der Waals surface area contributed by atoms with Gasteiger partial charge >= 0.3 is 0 Å². The van der Waals surface area contributed by atoms with Gasteiger partial charge in [-0.3, -0.25) is 9.52 Å². The molecule has 6 nitrogen and oxygen atoms in total. The number of unbranched alkanes of at least 4 members (excludes halogenated alkanes) is 10. The van der Waals surface area contributed by atoms with Crippen LogP contribution in [0.4, 0.5) is 5.69 Å². The van der Waals surface area contributed by atoms with Crippen molar-refractivity contribution in [3.63, 3.8) is 0 Å². The molecule has 0 saturated heterocycles. The van der Waals surface area contributed by atoms with Crippen LogP contribution in [0, 0.1) is 0 Å². The highest BCUT2D eigenvalue weighted by molar-refractivity contribution is 7.92. The largest absolute Gasteiger partial charge is 0.505 e. The smallest absolute Gasteiger partial charge is 0.262 e. The van der Waals surface area contributed by atoms with Crippen LogP contribution in [0.2, 0.25) is 10.0 Å². The minimum Gasteiger partial charge on any atom is -0.505 e. The SMILES string of the molecule is CCCCCCCCCCCCCC(=O)NCc1ccccc1S(=O)(=O)Nc1cc(Cl)c(O)c(Cl)c1. The summed E-state index contributed by atoms with van der Waals surface area (Å²) in [4.78, 5) is 12.3. The molecule has 1 amide bonds. The lowest BCUT2D eigenvalue weighted by atomic mass is 10.1. The zero-order valence-electron chi connectivity index (χ0n) is 21.0. The third-order valence-corrected chi connectivity index (χ3v) is 8.07. The fraction of sp³-hybridized carbons (Fsp3) is 0.519. The fourth-order valence-corrected chi connectivity index (χ4v) is 5.75. The number of phenols is 1. The molecule has 2 aromatic rings. The van der Waals surface area contributed by atoms with Gasteiger partial charge in [0.1, 0.15) is 0 Å². The molecule has 2 aromatic carbocycles. The van der Waals surface area contributed by atoms with Gasteiger partial charge < -0.3 is 10.4 Å². The molecule has 0 aliphatic heterocycles. The Kier molecular flexibility index (Phi) is 13.5. The summed E-state index contributed by atoms with van der Waals surface area (Å²) in [5, 5.41) is 12.4. The van der Waals surface area contributed by atoms with Crippen LogP contribution in [0.5, 0.6) is 5.75 Å². The second-order valence-corrected chi connectivity index (χ2v) is 11.5. The average molecular weight is 558 g/mol. The Morgan fingerprint density at radius 2 is 1.39 bits per heavy atom. The van der Waals surface area contributed by atoms with Crippen molar-refractivity contribution in [2.45, 2.75) is 95.4 Å². The maximum Gasteiger partial charge on any atom is 0.262 e. The van der Waals surface area contributed by atoms with Gasteiger partial charge in [-0.2, -0.15) is 0 Å². The van der Waals surface area contributed by atoms with Gasteiger partial charge in [0.15, 0.2) is 5.75 Å². The fourth-order valence-electron chi connectivity index (χ4n) is 3.98. The van der Waals surface area contributed by atoms with E-state index < -0.39 is 10.0 Å². The van der Waals surface area contributed by atoms with E-state index in [1.165, 1.54) is 69.6 Å². The van der Waals surface area contributed by atoms with E-state index in [1.54, 1.807) is 18.2 Å². The number of carbonyl (C=O) groups excluding carboxylic acids is 1. The van der Waals surface area contributed by atoms with Gasteiger partial charge in [0.2, 0.25) is 5.91 Å². The van der Waals surface area contributed by atoms with Crippen molar-refractivity contribution < 1.29 is 18.3 Å². The van der Waals surface area contributed by atoms with Crippen molar-refractivity contribution in [3.8, 4) is 5.75 Å². The lowest BCUT2D eigenvalue weighted by molar-refractivity contribution is -0.121. The van der Waals surface area contributed by atoms with E-state index in [1.807, 2.05) is 0 Å². The third-order valence-electron chi connectivity index (χ3n) is 6.01. The molecule has 200 valence electrons. The summed E-state index contributed by atoms with van der Waals surface area (Å²) in [6.07, 6.45) is 13.8. The van der Waals surface area contributed by atoms with Crippen LogP contribution in [0.25, 0.3) is 0 Å². The third kappa shape index (κ3) is 10.6. The molecule has 0 atom stereocenters. The number of carbonyl (C=O) groups is 1. The quantitative estimate of drug-likeness (QED) is 0.137. The predicted molar refractivity (Wildman–Crippen MR) is 148 cm³/mol. The number of halogens is 2. The van der Waals surface area contributed by atoms with Crippen LogP contribution in [-0.4, -0.2) is 19.4 Å². The summed E-state index contributed by atoms with van der Waals surface area (Å²) in [6, 6.07) is 9.02. The van der Waals surface area contributed by atoms with Crippen molar-refractivity contribution in [1.29, 1.82) is 0 Å². The van der Waals surface area contributed by atoms with Crippen molar-refractivity contribution in [2.24, 2.45) is 0 Å². The first kappa shape index (κ1) is 30.3. The van der Waals surface area contributed by atoms with E-state index in [0.29, 0.717) is 12.0 Å². The molecule has 0 aliphatic rings. The van der Waals surface area contributed by atoms with E-state index in [0.717, 1.165) is 19.3 Å². The highest BCUT2D eigenvalue weighted by Gasteiger charge is 2.20. The Balaban J connectivity index is 1.76. The van der Waals surface area contributed by atoms with Crippen molar-refractivity contribution in [1.82, 2.24) is 5.32 Å². The van der Waals surface area contributed by atoms with Crippen molar-refractivity contribution >= 4 is 44.8 Å². The molecule has 0 unspecified atom stereocenters. The molecule has 0 bridgehead atoms. The number of amides is 1. The molecule has 9 heteroatoms. The van der Waals surface area contributed by atoms with Gasteiger partial charge in [0.25, 0.3) is 10.0 Å². The number of nitrogens with one attached hydrogen (secondary N) is 2. The van der Waals surface area contributed by atoms with E-state index in [9.17, 15) is 18.3 Å². The summed E-state index contributed by atoms with van der Waals surface area (Å²) in [6.45, 7) is 2.33. The zero-order chi connectivity index (χ0) is 26.4. The van der Waals surface area contributed by atoms with Gasteiger partial charge in [-0.05, 0) is 30.2 Å². The van der Waals surface area contributed by atoms with Gasteiger partial charge in [0.05, 0.1) is 20.6 Å². The maximum atomic E-state index is 13.0. The van der Waals surface area contributed by atoms with Crippen LogP contribution in [0.1, 0.15) is 89.5 Å². The molecule has 0 aromatic heterocycles. The number of benzene rings is 2. The number of anilines is 1. The number of phenolic OH excluding ortho intramolecular Hbond substituents is 1. The van der Waals surface area contributed by atoms with Crippen molar-refractivity contribution in [3.05, 3.63) is 52.0 Å². The van der Waals surface area contributed by atoms with Gasteiger partial charge in [-0.15, -0.1) is 0 Å². The lowest BCUT2D eigenvalue weighted by Gasteiger charge is -2.14. The van der Waals surface area contributed by atoms with Gasteiger partial charge in [-0.1, -0.05) is 113 Å². The summed E-state index contributed by atoms with van der Waals surface area (Å²) >= 11 is 11.8. The van der Waals surface area contributed by atoms with E-state index >= 15 is 0 Å². The lowest BCUT2D eigenvalue weighted by Crippen LogP contribution is -2.24. The summed E-state index contributed by atoms with van der Waals surface area (Å²) in [5.74, 6) is -0.412. The highest BCUT2D eigenvalue weighted by Crippen LogP contribution is 2.35. The van der Waals surface area contributed by atoms with Crippen LogP contribution in [0.3, 0.4) is 0 Å². The number of sulfonamides is 1. The molecule has 2 rings (SSSR count). The second-order valence-electron chi connectivity index (χ2n) is 9.06. The highest BCUT2D eigenvalue weighted by atomic mass is 35.5. The Labute approximate surface area is 225 Å². The molecular weight excluding hydrogens is 519 g/mol. The van der Waals surface area contributed by atoms with Crippen LogP contribution in [0.15, 0.2) is 41.3 Å². The number of aromatic hydroxyl groups is 1. The first-order valence-electron chi connectivity index (χ1n) is 12.8.